The number of hydrogen-bond donors (Lipinski definition) is 2. The van der Waals surface area contributed by atoms with Crippen LogP contribution >= 0.6 is 0 Å². The Labute approximate surface area is 512 Å². The molecule has 12 aliphatic rings. The van der Waals surface area contributed by atoms with E-state index in [0.29, 0.717) is 70.4 Å². The number of rotatable bonds is 11. The van der Waals surface area contributed by atoms with Crippen molar-refractivity contribution in [3.8, 4) is 0 Å². The first-order valence-corrected chi connectivity index (χ1v) is 35.2. The lowest BCUT2D eigenvalue weighted by atomic mass is 9.45. The highest BCUT2D eigenvalue weighted by atomic mass is 16.5. The van der Waals surface area contributed by atoms with Gasteiger partial charge >= 0.3 is 0 Å². The molecule has 8 nitrogen and oxygen atoms in total. The third-order valence-electron chi connectivity index (χ3n) is 26.7. The molecule has 0 aromatic carbocycles. The van der Waals surface area contributed by atoms with E-state index in [1.165, 1.54) is 114 Å². The van der Waals surface area contributed by atoms with Crippen molar-refractivity contribution in [1.29, 1.82) is 0 Å². The summed E-state index contributed by atoms with van der Waals surface area (Å²) >= 11 is 0. The number of amides is 2. The van der Waals surface area contributed by atoms with E-state index in [1.807, 2.05) is 6.08 Å². The maximum atomic E-state index is 13.4. The lowest BCUT2D eigenvalue weighted by molar-refractivity contribution is -0.150. The summed E-state index contributed by atoms with van der Waals surface area (Å²) in [5, 5.41) is 6.37. The predicted molar refractivity (Wildman–Crippen MR) is 342 cm³/mol. The van der Waals surface area contributed by atoms with Crippen molar-refractivity contribution in [1.82, 2.24) is 10.6 Å². The molecule has 0 aromatic heterocycles. The van der Waals surface area contributed by atoms with Crippen LogP contribution in [0.3, 0.4) is 0 Å². The number of nitrogens with one attached hydrogen (secondary N) is 2. The van der Waals surface area contributed by atoms with Gasteiger partial charge < -0.3 is 24.8 Å². The maximum absolute atomic E-state index is 13.4. The summed E-state index contributed by atoms with van der Waals surface area (Å²) in [7, 11) is 0. The molecule has 20 atom stereocenters. The van der Waals surface area contributed by atoms with E-state index >= 15 is 0 Å². The zero-order valence-corrected chi connectivity index (χ0v) is 55.9. The van der Waals surface area contributed by atoms with Crippen molar-refractivity contribution in [3.63, 3.8) is 0 Å². The Hall–Kier alpha value is -2.81. The van der Waals surface area contributed by atoms with E-state index < -0.39 is 0 Å². The highest BCUT2D eigenvalue weighted by Gasteiger charge is 2.63. The average molecular weight is 1160 g/mol. The normalized spacial score (nSPS) is 44.2. The summed E-state index contributed by atoms with van der Waals surface area (Å²) in [6.45, 7) is 39.0. The van der Waals surface area contributed by atoms with Gasteiger partial charge in [0.25, 0.3) is 0 Å². The van der Waals surface area contributed by atoms with Gasteiger partial charge in [-0.15, -0.1) is 0 Å². The number of hydrogen-bond acceptors (Lipinski definition) is 6. The monoisotopic (exact) mass is 1160 g/mol. The maximum Gasteiger partial charge on any atom is 0.247 e. The van der Waals surface area contributed by atoms with Crippen molar-refractivity contribution in [3.05, 3.63) is 59.4 Å². The standard InChI is InChI=1S/C30H51NO2.C24H38O.C22H31NO3/c1-19(2)9-8-10-21(5)24-11-12-25-28-26(14-16-30(24,25)7)29(6)15-13-23(33-20(3)4)17-22(29)18-27(32)31-28;1-16(2)25-19-10-13-24(5)18(14-19)7-8-20-21-9-6-17(3)15-23(21,4)12-11-22(20)24;1-13(2)26-18-8-7-16-15-6-5-14-11-19(25)23-10-9-21(14,3)20(15)17(24)12-22(16,18)4/h18-21,23-26,28H,8-17H2,1-7H3,(H,31,32);7,16,19-22H,3,6,8-15H2,1-2,4-5H3;9-11,13,15-16,18,20H,5-8,12H2,1-4H3,(H,23,25)/t21?,23-,24+,25-,26-,28-,29-,30+;19-,20-,21-,22-,23+,24-;15-,16-,18-,20+,21-,22-/m000/s1. The molecule has 8 heteroatoms. The molecule has 470 valence electrons. The van der Waals surface area contributed by atoms with Gasteiger partial charge in [-0.2, -0.15) is 0 Å². The summed E-state index contributed by atoms with van der Waals surface area (Å²) in [4.78, 5) is 38.5. The van der Waals surface area contributed by atoms with Gasteiger partial charge in [0, 0.05) is 47.6 Å². The minimum atomic E-state index is -0.336. The number of fused-ring (bicyclic) bond motifs is 15. The fraction of sp³-hybridized carbons (Fsp3) is 0.829. The molecular formula is C76H120N2O6. The molecule has 0 spiro atoms. The first-order valence-electron chi connectivity index (χ1n) is 35.2. The largest absolute Gasteiger partial charge is 0.375 e. The Kier molecular flexibility index (Phi) is 19.0. The Morgan fingerprint density at radius 1 is 0.583 bits per heavy atom. The average Bonchev–Trinajstić information content (AvgIpc) is 3.70. The summed E-state index contributed by atoms with van der Waals surface area (Å²) in [6.07, 6.45) is 41.1. The van der Waals surface area contributed by atoms with Gasteiger partial charge in [0.15, 0.2) is 0 Å². The van der Waals surface area contributed by atoms with E-state index in [4.69, 9.17) is 14.2 Å². The molecule has 9 saturated carbocycles. The van der Waals surface area contributed by atoms with Crippen LogP contribution in [0.15, 0.2) is 59.4 Å². The van der Waals surface area contributed by atoms with Crippen molar-refractivity contribution >= 4 is 17.6 Å². The molecule has 2 heterocycles. The fourth-order valence-corrected chi connectivity index (χ4v) is 22.7. The highest BCUT2D eigenvalue weighted by molar-refractivity contribution is 5.91. The highest BCUT2D eigenvalue weighted by Crippen LogP contribution is 2.67. The van der Waals surface area contributed by atoms with Crippen molar-refractivity contribution < 1.29 is 28.6 Å². The molecule has 9 fully saturated rings. The Balaban J connectivity index is 0.000000142. The molecule has 0 radical (unpaired) electrons. The van der Waals surface area contributed by atoms with Crippen LogP contribution in [0.5, 0.6) is 0 Å². The van der Waals surface area contributed by atoms with Crippen molar-refractivity contribution in [2.45, 2.75) is 301 Å². The van der Waals surface area contributed by atoms with Crippen LogP contribution in [0.4, 0.5) is 0 Å². The van der Waals surface area contributed by atoms with Gasteiger partial charge in [0.05, 0.1) is 36.6 Å². The number of carbonyl (C=O) groups excluding carboxylic acids is 3. The summed E-state index contributed by atoms with van der Waals surface area (Å²) in [6, 6.07) is 0.338. The molecule has 0 saturated heterocycles. The summed E-state index contributed by atoms with van der Waals surface area (Å²) < 4.78 is 18.6. The Morgan fingerprint density at radius 2 is 1.23 bits per heavy atom. The molecule has 0 bridgehead atoms. The first kappa shape index (κ1) is 64.2. The number of ketones is 1. The first-order chi connectivity index (χ1) is 39.6. The quantitative estimate of drug-likeness (QED) is 0.200. The van der Waals surface area contributed by atoms with Crippen LogP contribution in [-0.2, 0) is 28.6 Å². The molecule has 2 N–H and O–H groups in total. The second-order valence-corrected chi connectivity index (χ2v) is 33.4. The van der Waals surface area contributed by atoms with Gasteiger partial charge in [-0.1, -0.05) is 123 Å². The Morgan fingerprint density at radius 3 is 1.90 bits per heavy atom. The minimum absolute atomic E-state index is 0.0117. The van der Waals surface area contributed by atoms with Crippen LogP contribution in [0.2, 0.25) is 0 Å². The number of carbonyl (C=O) groups is 3. The van der Waals surface area contributed by atoms with Gasteiger partial charge in [-0.25, -0.2) is 0 Å². The van der Waals surface area contributed by atoms with E-state index in [1.54, 1.807) is 17.8 Å². The number of allylic oxidation sites excluding steroid dienone is 4. The lowest BCUT2D eigenvalue weighted by Gasteiger charge is -2.60. The zero-order chi connectivity index (χ0) is 60.5. The SMILES string of the molecule is C=C1CC[C@H]2[C@@H]3CC=C4C[C@@H](OC(C)C)CC[C@]4(C)[C@H]3CC[C@]2(C)C1.CC(C)CCCC(C)[C@H]1CC[C@H]2[C@@H]3NC(=O)C=C4C[C@@H](OC(C)C)CC[C@]4(C)[C@H]3CC[C@]12C.CC(C)O[C@H]1CC[C@H]2[C@@H]3CCC4=CC(=O)NC=C[C@]4(C)[C@H]3C(=O)C[C@]12C. The zero-order valence-electron chi connectivity index (χ0n) is 55.9. The molecule has 12 rings (SSSR count). The molecule has 2 aliphatic heterocycles. The van der Waals surface area contributed by atoms with Crippen LogP contribution in [0.25, 0.3) is 0 Å². The molecular weight excluding hydrogens is 1040 g/mol. The van der Waals surface area contributed by atoms with Gasteiger partial charge in [0.1, 0.15) is 5.78 Å². The number of ether oxygens (including phenoxy) is 3. The van der Waals surface area contributed by atoms with E-state index in [2.05, 4.69) is 133 Å². The molecule has 0 aromatic rings. The molecule has 84 heavy (non-hydrogen) atoms. The van der Waals surface area contributed by atoms with Gasteiger partial charge in [0.2, 0.25) is 11.8 Å². The molecule has 2 amide bonds. The minimum Gasteiger partial charge on any atom is -0.375 e. The fourth-order valence-electron chi connectivity index (χ4n) is 22.7. The third-order valence-corrected chi connectivity index (χ3v) is 26.7. The van der Waals surface area contributed by atoms with E-state index in [9.17, 15) is 14.4 Å². The third kappa shape index (κ3) is 12.2. The lowest BCUT2D eigenvalue weighted by Crippen LogP contribution is -2.56. The van der Waals surface area contributed by atoms with Crippen molar-refractivity contribution in [2.24, 2.45) is 97.6 Å². The van der Waals surface area contributed by atoms with Gasteiger partial charge in [-0.05, 0) is 251 Å². The summed E-state index contributed by atoms with van der Waals surface area (Å²) in [5.41, 5.74) is 6.88. The van der Waals surface area contributed by atoms with Crippen LogP contribution < -0.4 is 10.6 Å². The topological polar surface area (TPSA) is 103 Å². The van der Waals surface area contributed by atoms with E-state index in [0.717, 1.165) is 86.0 Å². The molecule has 1 unspecified atom stereocenters. The smallest absolute Gasteiger partial charge is 0.247 e. The molecule has 10 aliphatic carbocycles. The van der Waals surface area contributed by atoms with Gasteiger partial charge in [-0.3, -0.25) is 14.4 Å². The van der Waals surface area contributed by atoms with Crippen LogP contribution in [0, 0.1) is 97.6 Å². The van der Waals surface area contributed by atoms with E-state index in [-0.39, 0.29) is 58.4 Å². The van der Waals surface area contributed by atoms with Crippen LogP contribution in [0.1, 0.15) is 258 Å². The summed E-state index contributed by atoms with van der Waals surface area (Å²) in [5.74, 6) is 7.74. The second-order valence-electron chi connectivity index (χ2n) is 33.4. The Bertz CT molecular complexity index is 2550. The van der Waals surface area contributed by atoms with Crippen LogP contribution in [-0.4, -0.2) is 60.3 Å². The van der Waals surface area contributed by atoms with Crippen molar-refractivity contribution in [2.75, 3.05) is 0 Å². The number of Topliss-reactive ketones (excluding diaryl/α,β-unsaturated/α-hetero) is 1. The predicted octanol–water partition coefficient (Wildman–Crippen LogP) is 17.8. The second kappa shape index (κ2) is 24.9.